The van der Waals surface area contributed by atoms with E-state index >= 15 is 0 Å². The van der Waals surface area contributed by atoms with E-state index in [2.05, 4.69) is 23.7 Å². The molecular weight excluding hydrogens is 262 g/mol. The molecule has 4 heteroatoms. The van der Waals surface area contributed by atoms with Crippen LogP contribution in [0.5, 0.6) is 5.75 Å². The van der Waals surface area contributed by atoms with E-state index in [1.165, 1.54) is 25.7 Å². The highest BCUT2D eigenvalue weighted by Gasteiger charge is 2.37. The van der Waals surface area contributed by atoms with Crippen LogP contribution >= 0.6 is 0 Å². The highest BCUT2D eigenvalue weighted by molar-refractivity contribution is 5.41. The van der Waals surface area contributed by atoms with Gasteiger partial charge in [0.1, 0.15) is 5.75 Å². The van der Waals surface area contributed by atoms with Crippen LogP contribution in [0, 0.1) is 13.8 Å². The van der Waals surface area contributed by atoms with Gasteiger partial charge in [-0.25, -0.2) is 0 Å². The Morgan fingerprint density at radius 3 is 2.52 bits per heavy atom. The second-order valence-electron chi connectivity index (χ2n) is 6.20. The zero-order valence-corrected chi connectivity index (χ0v) is 13.9. The fourth-order valence-corrected chi connectivity index (χ4v) is 3.71. The third-order valence-electron chi connectivity index (χ3n) is 5.06. The molecule has 1 aliphatic rings. The van der Waals surface area contributed by atoms with Crippen molar-refractivity contribution >= 4 is 0 Å². The standard InChI is InChI=1S/C17H29N3O/c1-5-20(17(12-18)8-6-7-9-17)11-15-14(3)16(21-4)13(2)10-19-15/h10H,5-9,11-12,18H2,1-4H3. The monoisotopic (exact) mass is 291 g/mol. The maximum absolute atomic E-state index is 6.13. The molecule has 1 fully saturated rings. The van der Waals surface area contributed by atoms with Crippen molar-refractivity contribution in [3.63, 3.8) is 0 Å². The van der Waals surface area contributed by atoms with Crippen molar-refractivity contribution in [2.24, 2.45) is 5.73 Å². The molecular formula is C17H29N3O. The lowest BCUT2D eigenvalue weighted by Gasteiger charge is -2.40. The van der Waals surface area contributed by atoms with Crippen molar-refractivity contribution in [3.05, 3.63) is 23.0 Å². The highest BCUT2D eigenvalue weighted by Crippen LogP contribution is 2.36. The Morgan fingerprint density at radius 1 is 1.33 bits per heavy atom. The van der Waals surface area contributed by atoms with Crippen molar-refractivity contribution in [2.45, 2.75) is 58.5 Å². The molecule has 0 bridgehead atoms. The van der Waals surface area contributed by atoms with Gasteiger partial charge in [0.15, 0.2) is 0 Å². The van der Waals surface area contributed by atoms with Gasteiger partial charge in [0, 0.05) is 36.0 Å². The zero-order chi connectivity index (χ0) is 15.5. The molecule has 2 N–H and O–H groups in total. The van der Waals surface area contributed by atoms with E-state index in [9.17, 15) is 0 Å². The molecule has 4 nitrogen and oxygen atoms in total. The number of nitrogens with two attached hydrogens (primary N) is 1. The highest BCUT2D eigenvalue weighted by atomic mass is 16.5. The van der Waals surface area contributed by atoms with E-state index in [0.29, 0.717) is 0 Å². The third kappa shape index (κ3) is 3.06. The summed E-state index contributed by atoms with van der Waals surface area (Å²) in [5, 5.41) is 0. The molecule has 21 heavy (non-hydrogen) atoms. The summed E-state index contributed by atoms with van der Waals surface area (Å²) in [6, 6.07) is 0. The Morgan fingerprint density at radius 2 is 2.00 bits per heavy atom. The molecule has 0 spiro atoms. The second kappa shape index (κ2) is 6.75. The number of hydrogen-bond acceptors (Lipinski definition) is 4. The van der Waals surface area contributed by atoms with Gasteiger partial charge in [-0.15, -0.1) is 0 Å². The van der Waals surface area contributed by atoms with Crippen molar-refractivity contribution in [2.75, 3.05) is 20.2 Å². The van der Waals surface area contributed by atoms with E-state index in [4.69, 9.17) is 10.5 Å². The maximum atomic E-state index is 6.13. The third-order valence-corrected chi connectivity index (χ3v) is 5.06. The summed E-state index contributed by atoms with van der Waals surface area (Å²) in [6.45, 7) is 8.97. The Kier molecular flexibility index (Phi) is 5.22. The summed E-state index contributed by atoms with van der Waals surface area (Å²) in [6.07, 6.45) is 6.91. The van der Waals surface area contributed by atoms with E-state index in [1.807, 2.05) is 13.1 Å². The fourth-order valence-electron chi connectivity index (χ4n) is 3.71. The van der Waals surface area contributed by atoms with Gasteiger partial charge in [0.2, 0.25) is 0 Å². The van der Waals surface area contributed by atoms with Crippen LogP contribution in [0.1, 0.15) is 49.4 Å². The van der Waals surface area contributed by atoms with Crippen molar-refractivity contribution in [1.82, 2.24) is 9.88 Å². The Balaban J connectivity index is 2.27. The maximum Gasteiger partial charge on any atom is 0.128 e. The lowest BCUT2D eigenvalue weighted by Crippen LogP contribution is -2.51. The second-order valence-corrected chi connectivity index (χ2v) is 6.20. The molecule has 0 amide bonds. The van der Waals surface area contributed by atoms with Gasteiger partial charge in [-0.1, -0.05) is 19.8 Å². The number of hydrogen-bond donors (Lipinski definition) is 1. The molecule has 0 unspecified atom stereocenters. The minimum Gasteiger partial charge on any atom is -0.496 e. The number of nitrogens with zero attached hydrogens (tertiary/aromatic N) is 2. The Labute approximate surface area is 128 Å². The summed E-state index contributed by atoms with van der Waals surface area (Å²) in [4.78, 5) is 7.17. The number of likely N-dealkylation sites (N-methyl/N-ethyl adjacent to an activating group) is 1. The van der Waals surface area contributed by atoms with Gasteiger partial charge < -0.3 is 10.5 Å². The lowest BCUT2D eigenvalue weighted by atomic mass is 9.94. The first-order valence-electron chi connectivity index (χ1n) is 8.02. The minimum atomic E-state index is 0.168. The smallest absolute Gasteiger partial charge is 0.128 e. The van der Waals surface area contributed by atoms with Crippen LogP contribution in [0.2, 0.25) is 0 Å². The first-order chi connectivity index (χ1) is 10.1. The van der Waals surface area contributed by atoms with Crippen LogP contribution in [0.3, 0.4) is 0 Å². The number of ether oxygens (including phenoxy) is 1. The molecule has 0 atom stereocenters. The van der Waals surface area contributed by atoms with Crippen LogP contribution in [-0.2, 0) is 6.54 Å². The van der Waals surface area contributed by atoms with Crippen molar-refractivity contribution in [1.29, 1.82) is 0 Å². The number of aryl methyl sites for hydroxylation is 1. The fraction of sp³-hybridized carbons (Fsp3) is 0.706. The number of methoxy groups -OCH3 is 1. The summed E-state index contributed by atoms with van der Waals surface area (Å²) in [7, 11) is 1.73. The average molecular weight is 291 g/mol. The Hall–Kier alpha value is -1.13. The molecule has 1 aromatic heterocycles. The van der Waals surface area contributed by atoms with Crippen LogP contribution in [0.15, 0.2) is 6.20 Å². The van der Waals surface area contributed by atoms with E-state index < -0.39 is 0 Å². The molecule has 0 aliphatic heterocycles. The van der Waals surface area contributed by atoms with Crippen LogP contribution in [-0.4, -0.2) is 35.6 Å². The number of pyridine rings is 1. The summed E-state index contributed by atoms with van der Waals surface area (Å²) >= 11 is 0. The quantitative estimate of drug-likeness (QED) is 0.875. The summed E-state index contributed by atoms with van der Waals surface area (Å²) in [5.41, 5.74) is 9.66. The molecule has 118 valence electrons. The van der Waals surface area contributed by atoms with Gasteiger partial charge in [-0.3, -0.25) is 9.88 Å². The zero-order valence-electron chi connectivity index (χ0n) is 13.9. The van der Waals surface area contributed by atoms with E-state index in [1.54, 1.807) is 7.11 Å². The molecule has 2 rings (SSSR count). The van der Waals surface area contributed by atoms with Gasteiger partial charge in [-0.2, -0.15) is 0 Å². The van der Waals surface area contributed by atoms with Crippen LogP contribution in [0.4, 0.5) is 0 Å². The topological polar surface area (TPSA) is 51.4 Å². The van der Waals surface area contributed by atoms with E-state index in [0.717, 1.165) is 42.2 Å². The van der Waals surface area contributed by atoms with Crippen LogP contribution in [0.25, 0.3) is 0 Å². The summed E-state index contributed by atoms with van der Waals surface area (Å²) in [5.74, 6) is 0.962. The first kappa shape index (κ1) is 16.2. The predicted octanol–water partition coefficient (Wildman–Crippen LogP) is 2.80. The molecule has 0 aromatic carbocycles. The Bertz CT molecular complexity index is 481. The van der Waals surface area contributed by atoms with Crippen LogP contribution < -0.4 is 10.5 Å². The molecule has 1 saturated carbocycles. The largest absolute Gasteiger partial charge is 0.496 e. The predicted molar refractivity (Wildman–Crippen MR) is 86.6 cm³/mol. The molecule has 1 aliphatic carbocycles. The number of rotatable bonds is 6. The van der Waals surface area contributed by atoms with Gasteiger partial charge in [0.05, 0.1) is 12.8 Å². The van der Waals surface area contributed by atoms with E-state index in [-0.39, 0.29) is 5.54 Å². The molecule has 0 saturated heterocycles. The first-order valence-corrected chi connectivity index (χ1v) is 8.02. The lowest BCUT2D eigenvalue weighted by molar-refractivity contribution is 0.0953. The SMILES string of the molecule is CCN(Cc1ncc(C)c(OC)c1C)C1(CN)CCCC1. The minimum absolute atomic E-state index is 0.168. The normalized spacial score (nSPS) is 17.4. The molecule has 1 heterocycles. The van der Waals surface area contributed by atoms with Gasteiger partial charge in [-0.05, 0) is 33.2 Å². The average Bonchev–Trinajstić information content (AvgIpc) is 2.97. The molecule has 1 aromatic rings. The van der Waals surface area contributed by atoms with Crippen molar-refractivity contribution < 1.29 is 4.74 Å². The number of aromatic nitrogens is 1. The van der Waals surface area contributed by atoms with Crippen molar-refractivity contribution in [3.8, 4) is 5.75 Å². The van der Waals surface area contributed by atoms with Gasteiger partial charge in [0.25, 0.3) is 0 Å². The van der Waals surface area contributed by atoms with Gasteiger partial charge >= 0.3 is 0 Å². The molecule has 0 radical (unpaired) electrons. The summed E-state index contributed by atoms with van der Waals surface area (Å²) < 4.78 is 5.53.